The number of hydrogen-bond acceptors (Lipinski definition) is 5. The van der Waals surface area contributed by atoms with Crippen LogP contribution in [0.15, 0.2) is 77.9 Å². The summed E-state index contributed by atoms with van der Waals surface area (Å²) in [5.41, 5.74) is 4.91. The fourth-order valence-electron chi connectivity index (χ4n) is 2.66. The third-order valence-corrected chi connectivity index (χ3v) is 4.14. The van der Waals surface area contributed by atoms with Crippen LogP contribution in [-0.4, -0.2) is 18.9 Å². The standard InChI is InChI=1S/C22H18N2O4/c25-22(18-8-11-20-21(12-18)28-15-27-20)24-23-13-16-6-9-19(10-7-16)26-14-17-4-2-1-3-5-17/h1-13H,14-15H2,(H,24,25). The molecule has 6 nitrogen and oxygen atoms in total. The molecule has 1 amide bonds. The zero-order valence-electron chi connectivity index (χ0n) is 15.0. The van der Waals surface area contributed by atoms with Gasteiger partial charge in [0.1, 0.15) is 12.4 Å². The monoisotopic (exact) mass is 374 g/mol. The van der Waals surface area contributed by atoms with Crippen molar-refractivity contribution in [1.29, 1.82) is 0 Å². The number of nitrogens with one attached hydrogen (secondary N) is 1. The molecule has 140 valence electrons. The van der Waals surface area contributed by atoms with E-state index in [1.165, 1.54) is 0 Å². The quantitative estimate of drug-likeness (QED) is 0.527. The molecule has 0 saturated heterocycles. The van der Waals surface area contributed by atoms with Crippen molar-refractivity contribution < 1.29 is 19.0 Å². The van der Waals surface area contributed by atoms with Crippen LogP contribution in [0.25, 0.3) is 0 Å². The summed E-state index contributed by atoms with van der Waals surface area (Å²) >= 11 is 0. The maximum Gasteiger partial charge on any atom is 0.271 e. The van der Waals surface area contributed by atoms with Gasteiger partial charge in [-0.05, 0) is 53.6 Å². The summed E-state index contributed by atoms with van der Waals surface area (Å²) < 4.78 is 16.2. The van der Waals surface area contributed by atoms with E-state index in [2.05, 4.69) is 10.5 Å². The third kappa shape index (κ3) is 4.29. The second-order valence-corrected chi connectivity index (χ2v) is 6.11. The van der Waals surface area contributed by atoms with Gasteiger partial charge >= 0.3 is 0 Å². The maximum absolute atomic E-state index is 12.2. The summed E-state index contributed by atoms with van der Waals surface area (Å²) in [7, 11) is 0. The highest BCUT2D eigenvalue weighted by molar-refractivity contribution is 5.95. The highest BCUT2D eigenvalue weighted by Crippen LogP contribution is 2.32. The van der Waals surface area contributed by atoms with E-state index >= 15 is 0 Å². The molecule has 1 aliphatic rings. The molecule has 0 aromatic heterocycles. The summed E-state index contributed by atoms with van der Waals surface area (Å²) in [5, 5.41) is 4.00. The third-order valence-electron chi connectivity index (χ3n) is 4.14. The van der Waals surface area contributed by atoms with Gasteiger partial charge in [0.2, 0.25) is 6.79 Å². The molecule has 4 rings (SSSR count). The average Bonchev–Trinajstić information content (AvgIpc) is 3.22. The van der Waals surface area contributed by atoms with Crippen LogP contribution in [0, 0.1) is 0 Å². The van der Waals surface area contributed by atoms with E-state index < -0.39 is 0 Å². The van der Waals surface area contributed by atoms with E-state index in [1.807, 2.05) is 54.6 Å². The Morgan fingerprint density at radius 3 is 2.61 bits per heavy atom. The molecule has 0 fully saturated rings. The van der Waals surface area contributed by atoms with Crippen molar-refractivity contribution in [2.75, 3.05) is 6.79 Å². The van der Waals surface area contributed by atoms with Gasteiger partial charge in [-0.2, -0.15) is 5.10 Å². The first-order chi connectivity index (χ1) is 13.8. The predicted octanol–water partition coefficient (Wildman–Crippen LogP) is 3.76. The topological polar surface area (TPSA) is 69.2 Å². The van der Waals surface area contributed by atoms with Gasteiger partial charge in [0, 0.05) is 5.56 Å². The first kappa shape index (κ1) is 17.6. The number of hydrazone groups is 1. The molecule has 1 aliphatic heterocycles. The Balaban J connectivity index is 1.30. The van der Waals surface area contributed by atoms with Crippen molar-refractivity contribution in [2.24, 2.45) is 5.10 Å². The van der Waals surface area contributed by atoms with Crippen molar-refractivity contribution >= 4 is 12.1 Å². The van der Waals surface area contributed by atoms with Gasteiger partial charge in [-0.1, -0.05) is 30.3 Å². The maximum atomic E-state index is 12.2. The van der Waals surface area contributed by atoms with Crippen LogP contribution in [0.2, 0.25) is 0 Å². The highest BCUT2D eigenvalue weighted by atomic mass is 16.7. The van der Waals surface area contributed by atoms with Crippen LogP contribution in [-0.2, 0) is 6.61 Å². The predicted molar refractivity (Wildman–Crippen MR) is 105 cm³/mol. The summed E-state index contributed by atoms with van der Waals surface area (Å²) in [6.45, 7) is 0.684. The SMILES string of the molecule is O=C(NN=Cc1ccc(OCc2ccccc2)cc1)c1ccc2c(c1)OCO2. The van der Waals surface area contributed by atoms with Crippen LogP contribution < -0.4 is 19.6 Å². The molecule has 0 atom stereocenters. The van der Waals surface area contributed by atoms with Crippen molar-refractivity contribution in [1.82, 2.24) is 5.43 Å². The summed E-state index contributed by atoms with van der Waals surface area (Å²) in [4.78, 5) is 12.2. The Hall–Kier alpha value is -3.80. The summed E-state index contributed by atoms with van der Waals surface area (Å²) in [6.07, 6.45) is 1.58. The van der Waals surface area contributed by atoms with E-state index in [0.717, 1.165) is 16.9 Å². The van der Waals surface area contributed by atoms with Gasteiger partial charge in [-0.3, -0.25) is 4.79 Å². The molecule has 0 spiro atoms. The first-order valence-electron chi connectivity index (χ1n) is 8.78. The number of nitrogens with zero attached hydrogens (tertiary/aromatic N) is 1. The molecule has 28 heavy (non-hydrogen) atoms. The normalized spacial score (nSPS) is 12.1. The van der Waals surface area contributed by atoms with Crippen LogP contribution in [0.4, 0.5) is 0 Å². The van der Waals surface area contributed by atoms with Crippen molar-refractivity contribution in [3.8, 4) is 17.2 Å². The zero-order valence-corrected chi connectivity index (χ0v) is 15.0. The fourth-order valence-corrected chi connectivity index (χ4v) is 2.66. The Kier molecular flexibility index (Phi) is 5.20. The number of amides is 1. The minimum absolute atomic E-state index is 0.170. The Labute approximate surface area is 162 Å². The number of carbonyl (C=O) groups is 1. The van der Waals surface area contributed by atoms with E-state index in [-0.39, 0.29) is 12.7 Å². The number of ether oxygens (including phenoxy) is 3. The van der Waals surface area contributed by atoms with E-state index in [1.54, 1.807) is 24.4 Å². The largest absolute Gasteiger partial charge is 0.489 e. The van der Waals surface area contributed by atoms with Crippen LogP contribution in [0.3, 0.4) is 0 Å². The smallest absolute Gasteiger partial charge is 0.271 e. The number of benzene rings is 3. The molecular weight excluding hydrogens is 356 g/mol. The number of rotatable bonds is 6. The molecule has 3 aromatic rings. The molecule has 0 aliphatic carbocycles. The molecule has 0 bridgehead atoms. The van der Waals surface area contributed by atoms with Crippen molar-refractivity contribution in [3.05, 3.63) is 89.5 Å². The Morgan fingerprint density at radius 1 is 1.00 bits per heavy atom. The lowest BCUT2D eigenvalue weighted by Crippen LogP contribution is -2.17. The second-order valence-electron chi connectivity index (χ2n) is 6.11. The van der Waals surface area contributed by atoms with Gasteiger partial charge < -0.3 is 14.2 Å². The van der Waals surface area contributed by atoms with E-state index in [0.29, 0.717) is 23.7 Å². The molecule has 3 aromatic carbocycles. The lowest BCUT2D eigenvalue weighted by molar-refractivity contribution is 0.0954. The Bertz CT molecular complexity index is 985. The minimum Gasteiger partial charge on any atom is -0.489 e. The van der Waals surface area contributed by atoms with E-state index in [9.17, 15) is 4.79 Å². The number of hydrogen-bond donors (Lipinski definition) is 1. The first-order valence-corrected chi connectivity index (χ1v) is 8.78. The Morgan fingerprint density at radius 2 is 1.79 bits per heavy atom. The summed E-state index contributed by atoms with van der Waals surface area (Å²) in [5.74, 6) is 1.64. The molecule has 0 saturated carbocycles. The molecule has 0 radical (unpaired) electrons. The van der Waals surface area contributed by atoms with Gasteiger partial charge in [0.25, 0.3) is 5.91 Å². The van der Waals surface area contributed by atoms with E-state index in [4.69, 9.17) is 14.2 Å². The second kappa shape index (κ2) is 8.26. The lowest BCUT2D eigenvalue weighted by Gasteiger charge is -2.06. The molecule has 0 unspecified atom stereocenters. The minimum atomic E-state index is -0.322. The van der Waals surface area contributed by atoms with Gasteiger partial charge in [-0.25, -0.2) is 5.43 Å². The lowest BCUT2D eigenvalue weighted by atomic mass is 10.2. The van der Waals surface area contributed by atoms with Crippen molar-refractivity contribution in [2.45, 2.75) is 6.61 Å². The van der Waals surface area contributed by atoms with Crippen LogP contribution in [0.1, 0.15) is 21.5 Å². The molecule has 1 N–H and O–H groups in total. The fraction of sp³-hybridized carbons (Fsp3) is 0.0909. The number of carbonyl (C=O) groups excluding carboxylic acids is 1. The highest BCUT2D eigenvalue weighted by Gasteiger charge is 2.15. The summed E-state index contributed by atoms with van der Waals surface area (Å²) in [6, 6.07) is 22.4. The molecule has 6 heteroatoms. The van der Waals surface area contributed by atoms with Gasteiger partial charge in [0.05, 0.1) is 6.21 Å². The molecular formula is C22H18N2O4. The van der Waals surface area contributed by atoms with Crippen LogP contribution >= 0.6 is 0 Å². The van der Waals surface area contributed by atoms with Crippen LogP contribution in [0.5, 0.6) is 17.2 Å². The van der Waals surface area contributed by atoms with Crippen molar-refractivity contribution in [3.63, 3.8) is 0 Å². The molecule has 1 heterocycles. The van der Waals surface area contributed by atoms with Gasteiger partial charge in [0.15, 0.2) is 11.5 Å². The zero-order chi connectivity index (χ0) is 19.2. The van der Waals surface area contributed by atoms with Gasteiger partial charge in [-0.15, -0.1) is 0 Å². The average molecular weight is 374 g/mol. The number of fused-ring (bicyclic) bond motifs is 1.